The molecular weight excluding hydrogens is 1740 g/mol. The van der Waals surface area contributed by atoms with Crippen LogP contribution in [0.1, 0.15) is 116 Å². The first-order chi connectivity index (χ1) is 69.4. The van der Waals surface area contributed by atoms with Crippen molar-refractivity contribution in [2.45, 2.75) is 116 Å². The average Bonchev–Trinajstić information content (AvgIpc) is 0.741. The fraction of sp³-hybridized carbons (Fsp3) is 0.134. The summed E-state index contributed by atoms with van der Waals surface area (Å²) < 4.78 is 6.24. The Morgan fingerprint density at radius 1 is 0.161 bits per heavy atom. The average molecular weight is 1850 g/mol. The predicted molar refractivity (Wildman–Crippen MR) is 592 cm³/mol. The summed E-state index contributed by atoms with van der Waals surface area (Å²) in [6.07, 6.45) is 0. The van der Waals surface area contributed by atoms with E-state index < -0.39 is 0 Å². The molecule has 25 rings (SSSR count). The van der Waals surface area contributed by atoms with Crippen molar-refractivity contribution in [3.05, 3.63) is 470 Å². The van der Waals surface area contributed by atoms with Gasteiger partial charge in [-0.05, 0) is 204 Å². The fourth-order valence-corrected chi connectivity index (χ4v) is 21.9. The lowest BCUT2D eigenvalue weighted by molar-refractivity contribution is 0.299. The number of hydrogen-bond acceptors (Lipinski definition) is 9. The summed E-state index contributed by atoms with van der Waals surface area (Å²) >= 11 is 0. The normalized spacial score (nSPS) is 14.3. The minimum absolute atomic E-state index is 0.0851. The lowest BCUT2D eigenvalue weighted by atomic mass is 9.54. The van der Waals surface area contributed by atoms with Crippen LogP contribution in [0, 0.1) is 0 Å². The van der Waals surface area contributed by atoms with Crippen molar-refractivity contribution in [3.8, 4) is 180 Å². The molecule has 0 aliphatic heterocycles. The van der Waals surface area contributed by atoms with Crippen molar-refractivity contribution in [1.82, 2.24) is 39.9 Å². The monoisotopic (exact) mass is 1840 g/mol. The van der Waals surface area contributed by atoms with E-state index in [-0.39, 0.29) is 32.5 Å². The van der Waals surface area contributed by atoms with E-state index in [1.54, 1.807) is 0 Å². The molecule has 143 heavy (non-hydrogen) atoms. The number of nitrogens with zero attached hydrogens (tertiary/aromatic N) is 8. The maximum Gasteiger partial charge on any atom is 0.164 e. The molecule has 4 aromatic heterocycles. The number of para-hydroxylation sites is 2. The molecule has 690 valence electrons. The van der Waals surface area contributed by atoms with Gasteiger partial charge in [0.1, 0.15) is 11.2 Å². The molecule has 0 unspecified atom stereocenters. The first-order valence-corrected chi connectivity index (χ1v) is 49.6. The summed E-state index contributed by atoms with van der Waals surface area (Å²) in [4.78, 5) is 40.5. The first kappa shape index (κ1) is 90.0. The molecule has 0 spiro atoms. The Balaban J connectivity index is 0.000000120. The van der Waals surface area contributed by atoms with E-state index in [0.717, 1.165) is 100.0 Å². The second kappa shape index (κ2) is 35.8. The molecule has 0 fully saturated rings. The smallest absolute Gasteiger partial charge is 0.164 e. The molecule has 4 heterocycles. The van der Waals surface area contributed by atoms with E-state index in [9.17, 15) is 0 Å². The second-order valence-corrected chi connectivity index (χ2v) is 41.3. The third-order valence-corrected chi connectivity index (χ3v) is 31.9. The Morgan fingerprint density at radius 2 is 0.476 bits per heavy atom. The summed E-state index contributed by atoms with van der Waals surface area (Å²) in [6, 6.07) is 154. The molecule has 0 N–H and O–H groups in total. The van der Waals surface area contributed by atoms with Gasteiger partial charge in [-0.15, -0.1) is 0 Å². The molecular formula is C134H108N8O. The van der Waals surface area contributed by atoms with E-state index in [0.29, 0.717) is 34.9 Å². The van der Waals surface area contributed by atoms with Crippen LogP contribution in [0.2, 0.25) is 0 Å². The zero-order valence-corrected chi connectivity index (χ0v) is 82.6. The number of fused-ring (bicyclic) bond motifs is 13. The quantitative estimate of drug-likeness (QED) is 0.111. The Hall–Kier alpha value is -16.9. The van der Waals surface area contributed by atoms with Gasteiger partial charge in [0, 0.05) is 66.1 Å². The molecule has 3 aliphatic carbocycles. The summed E-state index contributed by atoms with van der Waals surface area (Å²) in [6.45, 7) is 28.7. The van der Waals surface area contributed by atoms with Crippen molar-refractivity contribution in [1.29, 1.82) is 0 Å². The molecule has 22 aromatic rings. The third kappa shape index (κ3) is 15.8. The zero-order valence-electron chi connectivity index (χ0n) is 82.6. The SMILES string of the molecule is CC1(C)c2cc(-c3ccccc3)ccc2-c2ccc(-c3nc(-c4ccccc4)c4ccccc4n3)cc2C1(C)C.CC1(C)c2cc(-c3ccccc3)ccc2-c2ccc(-c3nc(-c4ccccc4)nc(-c4cccc5oc6ccccc6c45)n3)cc2C1(C)C.CC1(C)c2ccc(-c3ccccc3-c3cccc(-c4nc(-c5ccccc5)nc(-c5ccccc5)n4)c3)cc2-c2cccc(-c3ccccc3)c2C1(C)C. The van der Waals surface area contributed by atoms with Crippen LogP contribution in [-0.2, 0) is 32.5 Å². The van der Waals surface area contributed by atoms with Crippen molar-refractivity contribution in [2.24, 2.45) is 0 Å². The summed E-state index contributed by atoms with van der Waals surface area (Å²) in [5.74, 6) is 4.63. The standard InChI is InChI=1S/C51H41N3.C45H35N3O.C38H32N2/c1-50(2)45-31-30-38(33-44(45)43-29-17-28-42(46(43)51(50,3)4)34-18-8-5-9-19-34)41-27-15-14-26-40(41)37-24-16-25-39(32-37)49-53-47(35-20-10-6-11-21-35)52-48(54-49)36-22-12-7-13-23-36;1-44(2)36-26-30(28-14-7-5-8-15-28)22-24-32(36)33-25-23-31(27-37(33)45(44,3)4)42-46-41(29-16-9-6-10-17-29)47-43(48-42)35-19-13-21-39-40(35)34-18-11-12-20-38(34)49-39;1-37(2)32-23-27(25-13-7-5-8-14-25)19-21-29(32)30-22-20-28(24-33(30)38(37,3)4)36-39-34-18-12-11-17-31(34)35(40-36)26-15-9-6-10-16-26/h5-33H,1-4H3;5-27H,1-4H3;5-24H,1-4H3. The fourth-order valence-electron chi connectivity index (χ4n) is 21.9. The van der Waals surface area contributed by atoms with Crippen molar-refractivity contribution >= 4 is 32.8 Å². The Morgan fingerprint density at radius 3 is 0.965 bits per heavy atom. The van der Waals surface area contributed by atoms with Crippen LogP contribution in [0.25, 0.3) is 213 Å². The highest BCUT2D eigenvalue weighted by Crippen LogP contribution is 2.60. The van der Waals surface area contributed by atoms with Crippen LogP contribution in [0.5, 0.6) is 0 Å². The summed E-state index contributed by atoms with van der Waals surface area (Å²) in [7, 11) is 0. The van der Waals surface area contributed by atoms with Crippen LogP contribution in [0.15, 0.2) is 441 Å². The van der Waals surface area contributed by atoms with E-state index in [4.69, 9.17) is 44.3 Å². The zero-order chi connectivity index (χ0) is 97.7. The van der Waals surface area contributed by atoms with Gasteiger partial charge in [-0.2, -0.15) is 0 Å². The number of rotatable bonds is 13. The lowest BCUT2D eigenvalue weighted by Crippen LogP contribution is -2.44. The van der Waals surface area contributed by atoms with Gasteiger partial charge in [-0.1, -0.05) is 465 Å². The van der Waals surface area contributed by atoms with Crippen LogP contribution in [0.3, 0.4) is 0 Å². The minimum Gasteiger partial charge on any atom is -0.456 e. The predicted octanol–water partition coefficient (Wildman–Crippen LogP) is 34.7. The summed E-state index contributed by atoms with van der Waals surface area (Å²) in [5.41, 5.74) is 38.9. The van der Waals surface area contributed by atoms with E-state index in [2.05, 4.69) is 399 Å². The van der Waals surface area contributed by atoms with Gasteiger partial charge in [0.25, 0.3) is 0 Å². The molecule has 0 amide bonds. The van der Waals surface area contributed by atoms with Gasteiger partial charge in [0.2, 0.25) is 0 Å². The molecule has 0 atom stereocenters. The molecule has 18 aromatic carbocycles. The largest absolute Gasteiger partial charge is 0.456 e. The second-order valence-electron chi connectivity index (χ2n) is 41.3. The number of aromatic nitrogens is 8. The minimum atomic E-state index is -0.180. The molecule has 3 aliphatic rings. The highest BCUT2D eigenvalue weighted by Gasteiger charge is 2.50. The van der Waals surface area contributed by atoms with E-state index in [1.165, 1.54) is 111 Å². The third-order valence-electron chi connectivity index (χ3n) is 31.9. The van der Waals surface area contributed by atoms with E-state index in [1.807, 2.05) is 121 Å². The molecule has 0 saturated heterocycles. The topological polar surface area (TPSA) is 116 Å². The first-order valence-electron chi connectivity index (χ1n) is 49.6. The van der Waals surface area contributed by atoms with Crippen LogP contribution >= 0.6 is 0 Å². The summed E-state index contributed by atoms with van der Waals surface area (Å²) in [5, 5.41) is 3.12. The van der Waals surface area contributed by atoms with Gasteiger partial charge in [0.15, 0.2) is 40.8 Å². The van der Waals surface area contributed by atoms with Gasteiger partial charge in [-0.25, -0.2) is 39.9 Å². The van der Waals surface area contributed by atoms with Gasteiger partial charge >= 0.3 is 0 Å². The van der Waals surface area contributed by atoms with Crippen LogP contribution < -0.4 is 0 Å². The molecule has 9 nitrogen and oxygen atoms in total. The Kier molecular flexibility index (Phi) is 22.5. The van der Waals surface area contributed by atoms with Crippen molar-refractivity contribution in [3.63, 3.8) is 0 Å². The number of benzene rings is 18. The Bertz CT molecular complexity index is 8610. The van der Waals surface area contributed by atoms with Gasteiger partial charge < -0.3 is 4.42 Å². The highest BCUT2D eigenvalue weighted by molar-refractivity contribution is 6.12. The van der Waals surface area contributed by atoms with Crippen LogP contribution in [0.4, 0.5) is 0 Å². The van der Waals surface area contributed by atoms with Gasteiger partial charge in [0.05, 0.1) is 11.2 Å². The molecule has 0 saturated carbocycles. The van der Waals surface area contributed by atoms with Crippen molar-refractivity contribution < 1.29 is 4.42 Å². The maximum absolute atomic E-state index is 6.24. The highest BCUT2D eigenvalue weighted by atomic mass is 16.3. The molecule has 9 heteroatoms. The van der Waals surface area contributed by atoms with Gasteiger partial charge in [-0.3, -0.25) is 0 Å². The number of furan rings is 1. The lowest BCUT2D eigenvalue weighted by Gasteiger charge is -2.49. The van der Waals surface area contributed by atoms with E-state index >= 15 is 0 Å². The number of hydrogen-bond donors (Lipinski definition) is 0. The van der Waals surface area contributed by atoms with Crippen molar-refractivity contribution in [2.75, 3.05) is 0 Å². The molecule has 0 bridgehead atoms. The maximum atomic E-state index is 6.24. The Labute approximate surface area is 837 Å². The van der Waals surface area contributed by atoms with Crippen LogP contribution in [-0.4, -0.2) is 39.9 Å². The molecule has 0 radical (unpaired) electrons.